The van der Waals surface area contributed by atoms with Crippen LogP contribution >= 0.6 is 0 Å². The van der Waals surface area contributed by atoms with Gasteiger partial charge in [-0.3, -0.25) is 4.79 Å². The van der Waals surface area contributed by atoms with Gasteiger partial charge in [0.2, 0.25) is 0 Å². The molecule has 6 nitrogen and oxygen atoms in total. The van der Waals surface area contributed by atoms with Crippen molar-refractivity contribution >= 4 is 17.0 Å². The van der Waals surface area contributed by atoms with Crippen molar-refractivity contribution in [3.63, 3.8) is 0 Å². The third-order valence-corrected chi connectivity index (χ3v) is 3.30. The average molecular weight is 277 g/mol. The van der Waals surface area contributed by atoms with Crippen LogP contribution in [-0.2, 0) is 0 Å². The first-order chi connectivity index (χ1) is 9.56. The molecule has 0 fully saturated rings. The number of hydrogen-bond donors (Lipinski definition) is 2. The van der Waals surface area contributed by atoms with Crippen molar-refractivity contribution < 1.29 is 14.4 Å². The standard InChI is InChI=1S/C14H19N3O3/c1-4-10(5-6-18)16-13(19)11-7-8(2)15-14-12(11)9(3)17-20-14/h7,10,18H,4-6H2,1-3H3,(H,16,19). The number of aliphatic hydroxyl groups is 1. The van der Waals surface area contributed by atoms with Crippen LogP contribution in [0.15, 0.2) is 10.6 Å². The minimum atomic E-state index is -0.188. The highest BCUT2D eigenvalue weighted by molar-refractivity contribution is 6.06. The smallest absolute Gasteiger partial charge is 0.258 e. The van der Waals surface area contributed by atoms with E-state index in [-0.39, 0.29) is 18.6 Å². The molecule has 2 N–H and O–H groups in total. The molecule has 0 radical (unpaired) electrons. The number of amides is 1. The van der Waals surface area contributed by atoms with Crippen LogP contribution in [0.5, 0.6) is 0 Å². The van der Waals surface area contributed by atoms with Crippen molar-refractivity contribution in [3.8, 4) is 0 Å². The van der Waals surface area contributed by atoms with Crippen LogP contribution in [0.1, 0.15) is 41.5 Å². The number of aryl methyl sites for hydroxylation is 2. The van der Waals surface area contributed by atoms with E-state index < -0.39 is 0 Å². The normalized spacial score (nSPS) is 12.6. The van der Waals surface area contributed by atoms with Crippen LogP contribution in [-0.4, -0.2) is 33.8 Å². The van der Waals surface area contributed by atoms with Gasteiger partial charge < -0.3 is 14.9 Å². The highest BCUT2D eigenvalue weighted by Crippen LogP contribution is 2.22. The van der Waals surface area contributed by atoms with Crippen LogP contribution in [0.3, 0.4) is 0 Å². The van der Waals surface area contributed by atoms with Gasteiger partial charge in [0, 0.05) is 18.3 Å². The van der Waals surface area contributed by atoms with Gasteiger partial charge in [0.05, 0.1) is 16.6 Å². The summed E-state index contributed by atoms with van der Waals surface area (Å²) in [5.41, 5.74) is 2.24. The number of carbonyl (C=O) groups is 1. The fourth-order valence-electron chi connectivity index (χ4n) is 2.19. The van der Waals surface area contributed by atoms with E-state index in [1.807, 2.05) is 6.92 Å². The lowest BCUT2D eigenvalue weighted by Crippen LogP contribution is -2.35. The first-order valence-electron chi connectivity index (χ1n) is 6.72. The topological polar surface area (TPSA) is 88.2 Å². The van der Waals surface area contributed by atoms with Crippen molar-refractivity contribution in [1.82, 2.24) is 15.5 Å². The Morgan fingerprint density at radius 3 is 2.90 bits per heavy atom. The van der Waals surface area contributed by atoms with E-state index in [1.54, 1.807) is 19.9 Å². The van der Waals surface area contributed by atoms with E-state index in [1.165, 1.54) is 0 Å². The Morgan fingerprint density at radius 1 is 1.50 bits per heavy atom. The number of rotatable bonds is 5. The zero-order chi connectivity index (χ0) is 14.7. The molecule has 6 heteroatoms. The van der Waals surface area contributed by atoms with Gasteiger partial charge in [0.1, 0.15) is 0 Å². The molecule has 0 bridgehead atoms. The highest BCUT2D eigenvalue weighted by atomic mass is 16.5. The lowest BCUT2D eigenvalue weighted by molar-refractivity contribution is 0.0930. The van der Waals surface area contributed by atoms with Crippen molar-refractivity contribution in [1.29, 1.82) is 0 Å². The summed E-state index contributed by atoms with van der Waals surface area (Å²) in [6.07, 6.45) is 1.31. The number of aliphatic hydroxyl groups excluding tert-OH is 1. The number of carbonyl (C=O) groups excluding carboxylic acids is 1. The summed E-state index contributed by atoms with van der Waals surface area (Å²) in [6.45, 7) is 5.61. The third kappa shape index (κ3) is 2.80. The zero-order valence-electron chi connectivity index (χ0n) is 11.9. The molecule has 0 aliphatic heterocycles. The molecule has 2 heterocycles. The molecular weight excluding hydrogens is 258 g/mol. The summed E-state index contributed by atoms with van der Waals surface area (Å²) >= 11 is 0. The van der Waals surface area contributed by atoms with E-state index >= 15 is 0 Å². The summed E-state index contributed by atoms with van der Waals surface area (Å²) in [7, 11) is 0. The lowest BCUT2D eigenvalue weighted by atomic mass is 10.1. The molecule has 0 aromatic carbocycles. The Balaban J connectivity index is 2.36. The van der Waals surface area contributed by atoms with Crippen molar-refractivity contribution in [2.45, 2.75) is 39.7 Å². The van der Waals surface area contributed by atoms with Crippen LogP contribution in [0.25, 0.3) is 11.1 Å². The summed E-state index contributed by atoms with van der Waals surface area (Å²) in [5, 5.41) is 16.4. The maximum atomic E-state index is 12.4. The van der Waals surface area contributed by atoms with Gasteiger partial charge in [-0.2, -0.15) is 0 Å². The number of nitrogens with zero attached hydrogens (tertiary/aromatic N) is 2. The number of hydrogen-bond acceptors (Lipinski definition) is 5. The van der Waals surface area contributed by atoms with Gasteiger partial charge in [0.25, 0.3) is 11.6 Å². The Hall–Kier alpha value is -1.95. The van der Waals surface area contributed by atoms with Gasteiger partial charge in [-0.15, -0.1) is 0 Å². The number of nitrogens with one attached hydrogen (secondary N) is 1. The maximum Gasteiger partial charge on any atom is 0.258 e. The van der Waals surface area contributed by atoms with Crippen molar-refractivity contribution in [3.05, 3.63) is 23.0 Å². The monoisotopic (exact) mass is 277 g/mol. The minimum Gasteiger partial charge on any atom is -0.396 e. The third-order valence-electron chi connectivity index (χ3n) is 3.30. The number of aromatic nitrogens is 2. The van der Waals surface area contributed by atoms with Crippen molar-refractivity contribution in [2.75, 3.05) is 6.61 Å². The first kappa shape index (κ1) is 14.5. The summed E-state index contributed by atoms with van der Waals surface area (Å²) in [4.78, 5) is 16.6. The van der Waals surface area contributed by atoms with E-state index in [2.05, 4.69) is 15.5 Å². The minimum absolute atomic E-state index is 0.0452. The van der Waals surface area contributed by atoms with Crippen LogP contribution in [0, 0.1) is 13.8 Å². The molecule has 1 atom stereocenters. The van der Waals surface area contributed by atoms with Gasteiger partial charge in [-0.25, -0.2) is 4.98 Å². The fourth-order valence-corrected chi connectivity index (χ4v) is 2.19. The van der Waals surface area contributed by atoms with Gasteiger partial charge in [-0.05, 0) is 32.8 Å². The predicted octanol–water partition coefficient (Wildman–Crippen LogP) is 1.73. The molecule has 20 heavy (non-hydrogen) atoms. The molecule has 0 saturated heterocycles. The summed E-state index contributed by atoms with van der Waals surface area (Å²) in [5.74, 6) is -0.188. The summed E-state index contributed by atoms with van der Waals surface area (Å²) < 4.78 is 5.12. The van der Waals surface area contributed by atoms with E-state index in [0.29, 0.717) is 34.5 Å². The molecule has 0 saturated carbocycles. The maximum absolute atomic E-state index is 12.4. The average Bonchev–Trinajstić information content (AvgIpc) is 2.78. The van der Waals surface area contributed by atoms with Crippen molar-refractivity contribution in [2.24, 2.45) is 0 Å². The number of fused-ring (bicyclic) bond motifs is 1. The molecule has 2 rings (SSSR count). The van der Waals surface area contributed by atoms with Crippen LogP contribution in [0.4, 0.5) is 0 Å². The second kappa shape index (κ2) is 6.00. The molecule has 0 aliphatic rings. The molecule has 1 unspecified atom stereocenters. The molecule has 0 aliphatic carbocycles. The SMILES string of the molecule is CCC(CCO)NC(=O)c1cc(C)nc2onc(C)c12. The Kier molecular flexibility index (Phi) is 4.34. The second-order valence-corrected chi connectivity index (χ2v) is 4.85. The first-order valence-corrected chi connectivity index (χ1v) is 6.72. The van der Waals surface area contributed by atoms with Gasteiger partial charge >= 0.3 is 0 Å². The van der Waals surface area contributed by atoms with Crippen LogP contribution < -0.4 is 5.32 Å². The van der Waals surface area contributed by atoms with Gasteiger partial charge in [-0.1, -0.05) is 12.1 Å². The molecular formula is C14H19N3O3. The predicted molar refractivity (Wildman–Crippen MR) is 74.5 cm³/mol. The highest BCUT2D eigenvalue weighted by Gasteiger charge is 2.19. The number of pyridine rings is 1. The van der Waals surface area contributed by atoms with Crippen LogP contribution in [0.2, 0.25) is 0 Å². The molecule has 1 amide bonds. The quantitative estimate of drug-likeness (QED) is 0.869. The largest absolute Gasteiger partial charge is 0.396 e. The Morgan fingerprint density at radius 2 is 2.25 bits per heavy atom. The molecule has 0 spiro atoms. The molecule has 108 valence electrons. The summed E-state index contributed by atoms with van der Waals surface area (Å²) in [6, 6.07) is 1.68. The molecule has 2 aromatic heterocycles. The Labute approximate surface area is 117 Å². The van der Waals surface area contributed by atoms with E-state index in [9.17, 15) is 4.79 Å². The van der Waals surface area contributed by atoms with Gasteiger partial charge in [0.15, 0.2) is 0 Å². The zero-order valence-corrected chi connectivity index (χ0v) is 11.9. The van der Waals surface area contributed by atoms with E-state index in [0.717, 1.165) is 6.42 Å². The second-order valence-electron chi connectivity index (χ2n) is 4.85. The Bertz CT molecular complexity index is 621. The fraction of sp³-hybridized carbons (Fsp3) is 0.500. The van der Waals surface area contributed by atoms with E-state index in [4.69, 9.17) is 9.63 Å². The lowest BCUT2D eigenvalue weighted by Gasteiger charge is -2.16. The molecule has 2 aromatic rings.